The van der Waals surface area contributed by atoms with Crippen LogP contribution < -0.4 is 22.1 Å². The lowest BCUT2D eigenvalue weighted by atomic mass is 9.98. The van der Waals surface area contributed by atoms with E-state index in [9.17, 15) is 24.3 Å². The zero-order valence-electron chi connectivity index (χ0n) is 15.9. The van der Waals surface area contributed by atoms with Gasteiger partial charge < -0.3 is 32.3 Å². The summed E-state index contributed by atoms with van der Waals surface area (Å²) in [5.41, 5.74) is 11.3. The third kappa shape index (κ3) is 9.90. The number of hydrogen-bond acceptors (Lipinski definition) is 6. The molecule has 27 heavy (non-hydrogen) atoms. The van der Waals surface area contributed by atoms with Crippen molar-refractivity contribution in [2.75, 3.05) is 6.54 Å². The molecule has 10 heteroatoms. The summed E-state index contributed by atoms with van der Waals surface area (Å²) in [5.74, 6) is -3.76. The highest BCUT2D eigenvalue weighted by molar-refractivity contribution is 5.91. The van der Waals surface area contributed by atoms with Crippen molar-refractivity contribution in [2.45, 2.75) is 70.5 Å². The van der Waals surface area contributed by atoms with Crippen molar-refractivity contribution in [1.82, 2.24) is 10.6 Å². The number of aliphatic carboxylic acids is 2. The smallest absolute Gasteiger partial charge is 0.326 e. The fourth-order valence-electron chi connectivity index (χ4n) is 2.34. The Bertz CT molecular complexity index is 514. The van der Waals surface area contributed by atoms with Gasteiger partial charge in [0.15, 0.2) is 0 Å². The summed E-state index contributed by atoms with van der Waals surface area (Å²) in [4.78, 5) is 46.7. The molecule has 2 amide bonds. The summed E-state index contributed by atoms with van der Waals surface area (Å²) < 4.78 is 0. The molecule has 0 rings (SSSR count). The zero-order chi connectivity index (χ0) is 21.0. The average molecular weight is 388 g/mol. The standard InChI is InChI=1S/C17H32N4O6/c1-3-10(2)14(19)16(25)20-11(6-4-5-9-18)15(24)21-12(17(26)27)7-8-13(22)23/h10-12,14H,3-9,18-19H2,1-2H3,(H,20,25)(H,21,24)(H,22,23)(H,26,27). The highest BCUT2D eigenvalue weighted by Gasteiger charge is 2.29. The number of unbranched alkanes of at least 4 members (excludes halogenated alkanes) is 1. The van der Waals surface area contributed by atoms with Gasteiger partial charge in [0.05, 0.1) is 6.04 Å². The fraction of sp³-hybridized carbons (Fsp3) is 0.765. The van der Waals surface area contributed by atoms with Crippen LogP contribution in [0.15, 0.2) is 0 Å². The van der Waals surface area contributed by atoms with Crippen molar-refractivity contribution in [3.05, 3.63) is 0 Å². The van der Waals surface area contributed by atoms with Crippen LogP contribution in [0.4, 0.5) is 0 Å². The maximum atomic E-state index is 12.5. The molecule has 8 N–H and O–H groups in total. The second-order valence-corrected chi connectivity index (χ2v) is 6.59. The largest absolute Gasteiger partial charge is 0.481 e. The van der Waals surface area contributed by atoms with Gasteiger partial charge in [-0.25, -0.2) is 4.79 Å². The summed E-state index contributed by atoms with van der Waals surface area (Å²) in [5, 5.41) is 22.7. The molecule has 0 aliphatic heterocycles. The molecule has 0 aliphatic carbocycles. The predicted molar refractivity (Wildman–Crippen MR) is 98.7 cm³/mol. The first-order chi connectivity index (χ1) is 12.6. The third-order valence-corrected chi connectivity index (χ3v) is 4.40. The summed E-state index contributed by atoms with van der Waals surface area (Å²) in [7, 11) is 0. The number of carbonyl (C=O) groups is 4. The van der Waals surface area contributed by atoms with Crippen molar-refractivity contribution in [3.63, 3.8) is 0 Å². The Hall–Kier alpha value is -2.20. The molecule has 0 aliphatic rings. The normalized spacial score (nSPS) is 15.3. The number of carboxylic acid groups (broad SMARTS) is 2. The Morgan fingerprint density at radius 3 is 2.04 bits per heavy atom. The molecule has 10 nitrogen and oxygen atoms in total. The molecule has 0 spiro atoms. The Balaban J connectivity index is 5.06. The fourth-order valence-corrected chi connectivity index (χ4v) is 2.34. The first kappa shape index (κ1) is 24.8. The number of nitrogens with one attached hydrogen (secondary N) is 2. The highest BCUT2D eigenvalue weighted by Crippen LogP contribution is 2.08. The lowest BCUT2D eigenvalue weighted by molar-refractivity contribution is -0.143. The van der Waals surface area contributed by atoms with E-state index >= 15 is 0 Å². The summed E-state index contributed by atoms with van der Waals surface area (Å²) in [6.45, 7) is 4.13. The Kier molecular flexibility index (Phi) is 12.0. The minimum atomic E-state index is -1.36. The molecule has 0 bridgehead atoms. The molecule has 0 fully saturated rings. The van der Waals surface area contributed by atoms with Gasteiger partial charge in [-0.1, -0.05) is 20.3 Å². The zero-order valence-corrected chi connectivity index (χ0v) is 15.9. The summed E-state index contributed by atoms with van der Waals surface area (Å²) in [6, 6.07) is -3.11. The predicted octanol–water partition coefficient (Wildman–Crippen LogP) is -0.592. The van der Waals surface area contributed by atoms with Crippen LogP contribution in [0.3, 0.4) is 0 Å². The van der Waals surface area contributed by atoms with Crippen LogP contribution in [0.1, 0.15) is 52.4 Å². The molecular formula is C17H32N4O6. The Morgan fingerprint density at radius 2 is 1.56 bits per heavy atom. The van der Waals surface area contributed by atoms with Crippen molar-refractivity contribution in [2.24, 2.45) is 17.4 Å². The van der Waals surface area contributed by atoms with Crippen LogP contribution >= 0.6 is 0 Å². The molecule has 0 heterocycles. The lowest BCUT2D eigenvalue weighted by Gasteiger charge is -2.24. The van der Waals surface area contributed by atoms with Gasteiger partial charge in [0, 0.05) is 6.42 Å². The van der Waals surface area contributed by atoms with Gasteiger partial charge >= 0.3 is 11.9 Å². The minimum Gasteiger partial charge on any atom is -0.481 e. The van der Waals surface area contributed by atoms with E-state index in [1.807, 2.05) is 13.8 Å². The van der Waals surface area contributed by atoms with E-state index in [1.165, 1.54) is 0 Å². The first-order valence-corrected chi connectivity index (χ1v) is 9.14. The number of carboxylic acids is 2. The topological polar surface area (TPSA) is 185 Å². The Labute approximate surface area is 159 Å². The average Bonchev–Trinajstić information content (AvgIpc) is 2.62. The van der Waals surface area contributed by atoms with E-state index in [1.54, 1.807) is 0 Å². The van der Waals surface area contributed by atoms with Crippen LogP contribution in [0.2, 0.25) is 0 Å². The number of rotatable bonds is 14. The van der Waals surface area contributed by atoms with Gasteiger partial charge in [-0.05, 0) is 38.1 Å². The quantitative estimate of drug-likeness (QED) is 0.213. The molecule has 156 valence electrons. The summed E-state index contributed by atoms with van der Waals surface area (Å²) >= 11 is 0. The second-order valence-electron chi connectivity index (χ2n) is 6.59. The molecule has 0 saturated heterocycles. The SMILES string of the molecule is CCC(C)C(N)C(=O)NC(CCCCN)C(=O)NC(CCC(=O)O)C(=O)O. The molecule has 0 aromatic heterocycles. The van der Waals surface area contributed by atoms with E-state index in [-0.39, 0.29) is 18.8 Å². The van der Waals surface area contributed by atoms with Crippen LogP contribution in [0.25, 0.3) is 0 Å². The van der Waals surface area contributed by atoms with Gasteiger partial charge in [0.2, 0.25) is 11.8 Å². The minimum absolute atomic E-state index is 0.0833. The number of amides is 2. The van der Waals surface area contributed by atoms with Gasteiger partial charge in [-0.2, -0.15) is 0 Å². The lowest BCUT2D eigenvalue weighted by Crippen LogP contribution is -2.55. The van der Waals surface area contributed by atoms with E-state index in [0.29, 0.717) is 25.8 Å². The second kappa shape index (κ2) is 13.0. The van der Waals surface area contributed by atoms with E-state index in [2.05, 4.69) is 10.6 Å². The van der Waals surface area contributed by atoms with Crippen molar-refractivity contribution in [3.8, 4) is 0 Å². The van der Waals surface area contributed by atoms with Crippen LogP contribution in [0.5, 0.6) is 0 Å². The van der Waals surface area contributed by atoms with Gasteiger partial charge in [0.25, 0.3) is 0 Å². The molecule has 0 aromatic carbocycles. The van der Waals surface area contributed by atoms with E-state index in [0.717, 1.165) is 0 Å². The molecule has 4 unspecified atom stereocenters. The van der Waals surface area contributed by atoms with Crippen molar-refractivity contribution < 1.29 is 29.4 Å². The van der Waals surface area contributed by atoms with Gasteiger partial charge in [-0.15, -0.1) is 0 Å². The highest BCUT2D eigenvalue weighted by atomic mass is 16.4. The molecule has 4 atom stereocenters. The molecule has 0 radical (unpaired) electrons. The van der Waals surface area contributed by atoms with Crippen molar-refractivity contribution in [1.29, 1.82) is 0 Å². The number of nitrogens with two attached hydrogens (primary N) is 2. The molecule has 0 saturated carbocycles. The third-order valence-electron chi connectivity index (χ3n) is 4.40. The number of carbonyl (C=O) groups excluding carboxylic acids is 2. The maximum Gasteiger partial charge on any atom is 0.326 e. The van der Waals surface area contributed by atoms with Crippen LogP contribution in [-0.4, -0.2) is 58.6 Å². The van der Waals surface area contributed by atoms with Crippen LogP contribution in [0, 0.1) is 5.92 Å². The van der Waals surface area contributed by atoms with Crippen LogP contribution in [-0.2, 0) is 19.2 Å². The van der Waals surface area contributed by atoms with Gasteiger partial charge in [0.1, 0.15) is 12.1 Å². The van der Waals surface area contributed by atoms with Gasteiger partial charge in [-0.3, -0.25) is 14.4 Å². The van der Waals surface area contributed by atoms with Crippen molar-refractivity contribution >= 4 is 23.8 Å². The Morgan fingerprint density at radius 1 is 0.963 bits per heavy atom. The van der Waals surface area contributed by atoms with E-state index < -0.39 is 48.3 Å². The first-order valence-electron chi connectivity index (χ1n) is 9.14. The van der Waals surface area contributed by atoms with E-state index in [4.69, 9.17) is 16.6 Å². The maximum absolute atomic E-state index is 12.5. The number of hydrogen-bond donors (Lipinski definition) is 6. The summed E-state index contributed by atoms with van der Waals surface area (Å²) in [6.07, 6.45) is 1.49. The molecule has 0 aromatic rings. The molecular weight excluding hydrogens is 356 g/mol. The monoisotopic (exact) mass is 388 g/mol.